The minimum atomic E-state index is -0.415. The Morgan fingerprint density at radius 3 is 2.76 bits per heavy atom. The number of H-pyrrole nitrogens is 1. The third-order valence-electron chi connectivity index (χ3n) is 5.16. The number of rotatable bonds is 5. The quantitative estimate of drug-likeness (QED) is 0.338. The zero-order chi connectivity index (χ0) is 22.8. The van der Waals surface area contributed by atoms with Crippen LogP contribution in [0.2, 0.25) is 0 Å². The molecular weight excluding hydrogens is 419 g/mol. The van der Waals surface area contributed by atoms with Gasteiger partial charge < -0.3 is 15.6 Å². The summed E-state index contributed by atoms with van der Waals surface area (Å²) in [6.45, 7) is 1.94. The topological polar surface area (TPSA) is 95.6 Å². The van der Waals surface area contributed by atoms with Crippen molar-refractivity contribution in [3.8, 4) is 11.4 Å². The van der Waals surface area contributed by atoms with Crippen molar-refractivity contribution in [3.63, 3.8) is 0 Å². The highest BCUT2D eigenvalue weighted by molar-refractivity contribution is 6.05. The first kappa shape index (κ1) is 20.3. The van der Waals surface area contributed by atoms with Gasteiger partial charge in [-0.15, -0.1) is 0 Å². The van der Waals surface area contributed by atoms with Crippen molar-refractivity contribution in [2.45, 2.75) is 6.92 Å². The molecule has 5 rings (SSSR count). The zero-order valence-electron chi connectivity index (χ0n) is 17.6. The summed E-state index contributed by atoms with van der Waals surface area (Å²) < 4.78 is 13.5. The maximum atomic E-state index is 13.5. The Hall–Kier alpha value is -4.59. The van der Waals surface area contributed by atoms with Gasteiger partial charge in [-0.2, -0.15) is 0 Å². The normalized spacial score (nSPS) is 10.8. The van der Waals surface area contributed by atoms with Gasteiger partial charge in [0.15, 0.2) is 11.6 Å². The van der Waals surface area contributed by atoms with Gasteiger partial charge in [0, 0.05) is 41.1 Å². The molecule has 1 amide bonds. The van der Waals surface area contributed by atoms with E-state index in [1.54, 1.807) is 42.9 Å². The van der Waals surface area contributed by atoms with E-state index in [0.717, 1.165) is 22.2 Å². The first-order chi connectivity index (χ1) is 16.1. The van der Waals surface area contributed by atoms with E-state index in [0.29, 0.717) is 28.6 Å². The molecule has 0 atom stereocenters. The van der Waals surface area contributed by atoms with Crippen LogP contribution in [0.4, 0.5) is 21.6 Å². The van der Waals surface area contributed by atoms with Gasteiger partial charge in [0.2, 0.25) is 0 Å². The third-order valence-corrected chi connectivity index (χ3v) is 5.16. The number of nitrogens with zero attached hydrogens (tertiary/aromatic N) is 3. The summed E-state index contributed by atoms with van der Waals surface area (Å²) >= 11 is 0. The van der Waals surface area contributed by atoms with Crippen LogP contribution < -0.4 is 10.6 Å². The molecule has 0 fully saturated rings. The number of amides is 1. The van der Waals surface area contributed by atoms with Crippen molar-refractivity contribution in [2.75, 3.05) is 10.6 Å². The number of nitrogens with one attached hydrogen (secondary N) is 3. The second-order valence-corrected chi connectivity index (χ2v) is 7.49. The van der Waals surface area contributed by atoms with Gasteiger partial charge in [0.25, 0.3) is 5.91 Å². The van der Waals surface area contributed by atoms with Crippen molar-refractivity contribution in [1.82, 2.24) is 19.9 Å². The second kappa shape index (κ2) is 8.51. The van der Waals surface area contributed by atoms with Crippen LogP contribution in [0.25, 0.3) is 22.4 Å². The number of hydrogen-bond acceptors (Lipinski definition) is 5. The van der Waals surface area contributed by atoms with Crippen molar-refractivity contribution in [3.05, 3.63) is 96.2 Å². The summed E-state index contributed by atoms with van der Waals surface area (Å²) in [5, 5.41) is 6.06. The molecule has 8 heteroatoms. The molecule has 3 heterocycles. The molecule has 2 aromatic carbocycles. The lowest BCUT2D eigenvalue weighted by Crippen LogP contribution is -2.12. The fourth-order valence-electron chi connectivity index (χ4n) is 3.45. The van der Waals surface area contributed by atoms with Crippen LogP contribution in [0.1, 0.15) is 15.9 Å². The largest absolute Gasteiger partial charge is 0.357 e. The fourth-order valence-corrected chi connectivity index (χ4v) is 3.45. The van der Waals surface area contributed by atoms with Crippen LogP contribution in [0, 0.1) is 12.7 Å². The molecular formula is C25H19FN6O. The van der Waals surface area contributed by atoms with Crippen LogP contribution in [0.3, 0.4) is 0 Å². The van der Waals surface area contributed by atoms with Crippen molar-refractivity contribution < 1.29 is 9.18 Å². The molecule has 0 unspecified atom stereocenters. The second-order valence-electron chi connectivity index (χ2n) is 7.49. The van der Waals surface area contributed by atoms with Gasteiger partial charge in [-0.25, -0.2) is 14.4 Å². The van der Waals surface area contributed by atoms with Gasteiger partial charge in [0.05, 0.1) is 5.52 Å². The summed E-state index contributed by atoms with van der Waals surface area (Å²) in [7, 11) is 0. The number of fused-ring (bicyclic) bond motifs is 1. The predicted octanol–water partition coefficient (Wildman–Crippen LogP) is 5.46. The monoisotopic (exact) mass is 438 g/mol. The Labute approximate surface area is 188 Å². The molecule has 3 aromatic heterocycles. The highest BCUT2D eigenvalue weighted by atomic mass is 19.1. The summed E-state index contributed by atoms with van der Waals surface area (Å²) in [5.41, 5.74) is 4.76. The molecule has 162 valence electrons. The molecule has 0 aliphatic heterocycles. The van der Waals surface area contributed by atoms with Gasteiger partial charge in [-0.3, -0.25) is 9.78 Å². The first-order valence-corrected chi connectivity index (χ1v) is 10.3. The molecule has 0 spiro atoms. The van der Waals surface area contributed by atoms with Gasteiger partial charge in [-0.05, 0) is 61.0 Å². The molecule has 33 heavy (non-hydrogen) atoms. The number of carbonyl (C=O) groups is 1. The molecule has 3 N–H and O–H groups in total. The molecule has 5 aromatic rings. The Morgan fingerprint density at radius 1 is 1.03 bits per heavy atom. The number of benzene rings is 2. The number of aryl methyl sites for hydroxylation is 1. The van der Waals surface area contributed by atoms with Crippen LogP contribution >= 0.6 is 0 Å². The first-order valence-electron chi connectivity index (χ1n) is 10.3. The maximum absolute atomic E-state index is 13.5. The zero-order valence-corrected chi connectivity index (χ0v) is 17.6. The molecule has 0 saturated carbocycles. The van der Waals surface area contributed by atoms with Crippen LogP contribution in [0.5, 0.6) is 0 Å². The van der Waals surface area contributed by atoms with E-state index >= 15 is 0 Å². The lowest BCUT2D eigenvalue weighted by Gasteiger charge is -2.13. The summed E-state index contributed by atoms with van der Waals surface area (Å²) in [6, 6.07) is 16.7. The summed E-state index contributed by atoms with van der Waals surface area (Å²) in [4.78, 5) is 29.4. The lowest BCUT2D eigenvalue weighted by atomic mass is 10.1. The molecule has 0 aliphatic carbocycles. The van der Waals surface area contributed by atoms with Crippen LogP contribution in [0.15, 0.2) is 79.3 Å². The average molecular weight is 438 g/mol. The van der Waals surface area contributed by atoms with E-state index in [9.17, 15) is 9.18 Å². The SMILES string of the molecule is Cc1ccc(C(=O)Nc2cccc(F)c2)cc1Nc1nc(-c2cccnc2)nc2cc[nH]c12. The lowest BCUT2D eigenvalue weighted by molar-refractivity contribution is 0.102. The van der Waals surface area contributed by atoms with Crippen molar-refractivity contribution in [1.29, 1.82) is 0 Å². The van der Waals surface area contributed by atoms with Gasteiger partial charge >= 0.3 is 0 Å². The Kier molecular flexibility index (Phi) is 5.24. The highest BCUT2D eigenvalue weighted by Crippen LogP contribution is 2.28. The van der Waals surface area contributed by atoms with E-state index in [1.165, 1.54) is 12.1 Å². The number of pyridine rings is 1. The molecule has 0 saturated heterocycles. The average Bonchev–Trinajstić information content (AvgIpc) is 3.30. The van der Waals surface area contributed by atoms with Crippen molar-refractivity contribution in [2.24, 2.45) is 0 Å². The number of aromatic nitrogens is 4. The van der Waals surface area contributed by atoms with Crippen molar-refractivity contribution >= 4 is 34.1 Å². The highest BCUT2D eigenvalue weighted by Gasteiger charge is 2.14. The number of carbonyl (C=O) groups excluding carboxylic acids is 1. The number of anilines is 3. The molecule has 0 bridgehead atoms. The standard InChI is InChI=1S/C25H19FN6O/c1-15-7-8-16(25(33)29-19-6-2-5-18(26)13-19)12-21(15)31-24-22-20(9-11-28-22)30-23(32-24)17-4-3-10-27-14-17/h2-14,28H,1H3,(H,29,33)(H,30,31,32). The van der Waals surface area contributed by atoms with E-state index < -0.39 is 5.82 Å². The summed E-state index contributed by atoms with van der Waals surface area (Å²) in [5.74, 6) is 0.361. The Balaban J connectivity index is 1.48. The Bertz CT molecular complexity index is 1460. The van der Waals surface area contributed by atoms with Gasteiger partial charge in [-0.1, -0.05) is 12.1 Å². The summed E-state index contributed by atoms with van der Waals surface area (Å²) in [6.07, 6.45) is 5.20. The van der Waals surface area contributed by atoms with Gasteiger partial charge in [0.1, 0.15) is 11.3 Å². The fraction of sp³-hybridized carbons (Fsp3) is 0.0400. The predicted molar refractivity (Wildman–Crippen MR) is 126 cm³/mol. The van der Waals surface area contributed by atoms with E-state index in [4.69, 9.17) is 4.98 Å². The molecule has 0 radical (unpaired) electrons. The number of hydrogen-bond donors (Lipinski definition) is 3. The maximum Gasteiger partial charge on any atom is 0.255 e. The minimum Gasteiger partial charge on any atom is -0.357 e. The molecule has 7 nitrogen and oxygen atoms in total. The smallest absolute Gasteiger partial charge is 0.255 e. The minimum absolute atomic E-state index is 0.340. The van der Waals surface area contributed by atoms with E-state index in [1.807, 2.05) is 31.2 Å². The Morgan fingerprint density at radius 2 is 1.94 bits per heavy atom. The van der Waals surface area contributed by atoms with Crippen LogP contribution in [-0.4, -0.2) is 25.8 Å². The van der Waals surface area contributed by atoms with Crippen LogP contribution in [-0.2, 0) is 0 Å². The van der Waals surface area contributed by atoms with E-state index in [-0.39, 0.29) is 5.91 Å². The van der Waals surface area contributed by atoms with E-state index in [2.05, 4.69) is 25.6 Å². The number of halogens is 1. The molecule has 0 aliphatic rings. The number of aromatic amines is 1. The third kappa shape index (κ3) is 4.27.